The highest BCUT2D eigenvalue weighted by Crippen LogP contribution is 2.31. The summed E-state index contributed by atoms with van der Waals surface area (Å²) in [6.45, 7) is 3.99. The van der Waals surface area contributed by atoms with E-state index in [-0.39, 0.29) is 0 Å². The van der Waals surface area contributed by atoms with Gasteiger partial charge < -0.3 is 20.9 Å². The first kappa shape index (κ1) is 15.8. The fourth-order valence-electron chi connectivity index (χ4n) is 3.90. The van der Waals surface area contributed by atoms with E-state index in [1.165, 1.54) is 23.8 Å². The van der Waals surface area contributed by atoms with Gasteiger partial charge in [0, 0.05) is 11.6 Å². The number of anilines is 1. The molecule has 24 heavy (non-hydrogen) atoms. The molecule has 0 bridgehead atoms. The fraction of sp³-hybridized carbons (Fsp3) is 0.611. The van der Waals surface area contributed by atoms with Crippen LogP contribution in [0.2, 0.25) is 0 Å². The highest BCUT2D eigenvalue weighted by molar-refractivity contribution is 5.82. The fourth-order valence-corrected chi connectivity index (χ4v) is 3.90. The number of H-pyrrole nitrogens is 1. The lowest BCUT2D eigenvalue weighted by atomic mass is 9.90. The van der Waals surface area contributed by atoms with Gasteiger partial charge in [0.15, 0.2) is 0 Å². The number of nitrogens with zero attached hydrogens (tertiary/aromatic N) is 1. The van der Waals surface area contributed by atoms with Gasteiger partial charge in [0.2, 0.25) is 0 Å². The Balaban J connectivity index is 1.47. The molecule has 2 aliphatic rings. The summed E-state index contributed by atoms with van der Waals surface area (Å²) in [7, 11) is 0. The summed E-state index contributed by atoms with van der Waals surface area (Å²) < 4.78 is 14.7. The number of hydrogen-bond donors (Lipinski definition) is 4. The van der Waals surface area contributed by atoms with E-state index >= 15 is 0 Å². The van der Waals surface area contributed by atoms with E-state index in [1.807, 2.05) is 6.07 Å². The minimum atomic E-state index is -1.13. The van der Waals surface area contributed by atoms with E-state index in [1.54, 1.807) is 0 Å². The van der Waals surface area contributed by atoms with Crippen molar-refractivity contribution in [3.05, 3.63) is 23.9 Å². The molecular formula is C18H26FN5. The number of piperidine rings is 2. The van der Waals surface area contributed by atoms with Crippen molar-refractivity contribution in [2.45, 2.75) is 37.3 Å². The average molecular weight is 331 g/mol. The molecular weight excluding hydrogens is 305 g/mol. The van der Waals surface area contributed by atoms with Gasteiger partial charge in [-0.15, -0.1) is 0 Å². The third kappa shape index (κ3) is 3.26. The zero-order valence-corrected chi connectivity index (χ0v) is 14.0. The molecule has 0 aromatic carbocycles. The van der Waals surface area contributed by atoms with Gasteiger partial charge in [-0.3, -0.25) is 0 Å². The second-order valence-electron chi connectivity index (χ2n) is 7.12. The molecule has 4 heterocycles. The van der Waals surface area contributed by atoms with E-state index in [0.29, 0.717) is 25.3 Å². The van der Waals surface area contributed by atoms with Gasteiger partial charge in [-0.2, -0.15) is 0 Å². The van der Waals surface area contributed by atoms with E-state index in [2.05, 4.69) is 38.2 Å². The summed E-state index contributed by atoms with van der Waals surface area (Å²) in [5.74, 6) is 1.35. The van der Waals surface area contributed by atoms with Crippen LogP contribution in [-0.4, -0.2) is 48.4 Å². The van der Waals surface area contributed by atoms with Crippen molar-refractivity contribution in [2.75, 3.05) is 38.0 Å². The number of hydrogen-bond acceptors (Lipinski definition) is 4. The van der Waals surface area contributed by atoms with Gasteiger partial charge >= 0.3 is 0 Å². The number of alkyl halides is 1. The normalized spacial score (nSPS) is 21.9. The van der Waals surface area contributed by atoms with Crippen molar-refractivity contribution in [1.29, 1.82) is 0 Å². The Morgan fingerprint density at radius 1 is 1.12 bits per heavy atom. The van der Waals surface area contributed by atoms with Crippen LogP contribution < -0.4 is 16.0 Å². The first-order chi connectivity index (χ1) is 11.7. The molecule has 5 nitrogen and oxygen atoms in total. The smallest absolute Gasteiger partial charge is 0.139 e. The van der Waals surface area contributed by atoms with Gasteiger partial charge in [-0.25, -0.2) is 9.37 Å². The van der Waals surface area contributed by atoms with Crippen molar-refractivity contribution in [1.82, 2.24) is 20.6 Å². The number of aromatic amines is 1. The van der Waals surface area contributed by atoms with Crippen LogP contribution in [0.5, 0.6) is 0 Å². The molecule has 2 aliphatic heterocycles. The standard InChI is InChI=1S/C18H26FN5/c19-18(5-9-21-10-6-18)12-23-16-2-1-14-15(11-22-17(14)24-16)13-3-7-20-8-4-13/h1-2,11,13,20-21H,3-10,12H2,(H2,22,23,24). The lowest BCUT2D eigenvalue weighted by Gasteiger charge is -2.30. The molecule has 0 spiro atoms. The number of rotatable bonds is 4. The van der Waals surface area contributed by atoms with Crippen LogP contribution in [0.3, 0.4) is 0 Å². The Morgan fingerprint density at radius 2 is 1.88 bits per heavy atom. The Labute approximate surface area is 141 Å². The van der Waals surface area contributed by atoms with Crippen LogP contribution in [0.1, 0.15) is 37.2 Å². The maximum Gasteiger partial charge on any atom is 0.139 e. The van der Waals surface area contributed by atoms with Crippen molar-refractivity contribution >= 4 is 16.9 Å². The Bertz CT molecular complexity index is 686. The lowest BCUT2D eigenvalue weighted by Crippen LogP contribution is -2.43. The van der Waals surface area contributed by atoms with Gasteiger partial charge in [0.1, 0.15) is 17.1 Å². The molecule has 0 aliphatic carbocycles. The molecule has 0 amide bonds. The largest absolute Gasteiger partial charge is 0.367 e. The van der Waals surface area contributed by atoms with Gasteiger partial charge in [0.25, 0.3) is 0 Å². The zero-order valence-electron chi connectivity index (χ0n) is 14.0. The molecule has 0 unspecified atom stereocenters. The molecule has 6 heteroatoms. The molecule has 0 atom stereocenters. The van der Waals surface area contributed by atoms with E-state index in [9.17, 15) is 4.39 Å². The van der Waals surface area contributed by atoms with Crippen LogP contribution in [0.4, 0.5) is 10.2 Å². The molecule has 0 saturated carbocycles. The van der Waals surface area contributed by atoms with Crippen molar-refractivity contribution < 1.29 is 4.39 Å². The number of aromatic nitrogens is 2. The topological polar surface area (TPSA) is 64.8 Å². The predicted molar refractivity (Wildman–Crippen MR) is 95.4 cm³/mol. The summed E-state index contributed by atoms with van der Waals surface area (Å²) in [5.41, 5.74) is 1.13. The molecule has 130 valence electrons. The number of nitrogens with one attached hydrogen (secondary N) is 4. The maximum absolute atomic E-state index is 14.7. The second kappa shape index (κ2) is 6.69. The first-order valence-electron chi connectivity index (χ1n) is 9.06. The Morgan fingerprint density at radius 3 is 2.67 bits per heavy atom. The van der Waals surface area contributed by atoms with Crippen LogP contribution in [0, 0.1) is 0 Å². The molecule has 4 rings (SSSR count). The van der Waals surface area contributed by atoms with Gasteiger partial charge in [-0.1, -0.05) is 0 Å². The third-order valence-corrected chi connectivity index (χ3v) is 5.44. The molecule has 2 aromatic rings. The summed E-state index contributed by atoms with van der Waals surface area (Å²) >= 11 is 0. The van der Waals surface area contributed by atoms with Crippen LogP contribution >= 0.6 is 0 Å². The minimum absolute atomic E-state index is 0.328. The minimum Gasteiger partial charge on any atom is -0.367 e. The molecule has 2 fully saturated rings. The molecule has 0 radical (unpaired) electrons. The van der Waals surface area contributed by atoms with Crippen LogP contribution in [0.25, 0.3) is 11.0 Å². The molecule has 2 saturated heterocycles. The van der Waals surface area contributed by atoms with Gasteiger partial charge in [-0.05, 0) is 75.5 Å². The Kier molecular flexibility index (Phi) is 4.41. The first-order valence-corrected chi connectivity index (χ1v) is 9.06. The van der Waals surface area contributed by atoms with E-state index < -0.39 is 5.67 Å². The van der Waals surface area contributed by atoms with Crippen molar-refractivity contribution in [3.8, 4) is 0 Å². The average Bonchev–Trinajstić information content (AvgIpc) is 3.05. The summed E-state index contributed by atoms with van der Waals surface area (Å²) in [4.78, 5) is 7.94. The van der Waals surface area contributed by atoms with Gasteiger partial charge in [0.05, 0.1) is 6.54 Å². The van der Waals surface area contributed by atoms with Crippen LogP contribution in [0.15, 0.2) is 18.3 Å². The molecule has 4 N–H and O–H groups in total. The maximum atomic E-state index is 14.7. The SMILES string of the molecule is FC1(CNc2ccc3c(C4CCNCC4)c[nH]c3n2)CCNCC1. The zero-order chi connectivity index (χ0) is 16.4. The highest BCUT2D eigenvalue weighted by Gasteiger charge is 2.31. The third-order valence-electron chi connectivity index (χ3n) is 5.44. The monoisotopic (exact) mass is 331 g/mol. The number of halogens is 1. The Hall–Kier alpha value is -1.66. The van der Waals surface area contributed by atoms with Crippen molar-refractivity contribution in [2.24, 2.45) is 0 Å². The molecule has 2 aromatic heterocycles. The summed E-state index contributed by atoms with van der Waals surface area (Å²) in [5, 5.41) is 11.0. The predicted octanol–water partition coefficient (Wildman–Crippen LogP) is 2.53. The van der Waals surface area contributed by atoms with Crippen LogP contribution in [-0.2, 0) is 0 Å². The van der Waals surface area contributed by atoms with E-state index in [4.69, 9.17) is 0 Å². The van der Waals surface area contributed by atoms with E-state index in [0.717, 1.165) is 37.6 Å². The number of fused-ring (bicyclic) bond motifs is 1. The highest BCUT2D eigenvalue weighted by atomic mass is 19.1. The van der Waals surface area contributed by atoms with Crippen molar-refractivity contribution in [3.63, 3.8) is 0 Å². The second-order valence-corrected chi connectivity index (χ2v) is 7.12. The lowest BCUT2D eigenvalue weighted by molar-refractivity contribution is 0.131. The summed E-state index contributed by atoms with van der Waals surface area (Å²) in [6, 6.07) is 4.09. The quantitative estimate of drug-likeness (QED) is 0.695. The number of pyridine rings is 1. The summed E-state index contributed by atoms with van der Waals surface area (Å²) in [6.07, 6.45) is 5.56.